The fourth-order valence-corrected chi connectivity index (χ4v) is 3.99. The lowest BCUT2D eigenvalue weighted by molar-refractivity contribution is -0.151. The minimum atomic E-state index is -0.410. The van der Waals surface area contributed by atoms with E-state index in [9.17, 15) is 9.59 Å². The predicted octanol–water partition coefficient (Wildman–Crippen LogP) is 3.73. The molecule has 1 atom stereocenters. The Balaban J connectivity index is 1.65. The van der Waals surface area contributed by atoms with Gasteiger partial charge in [-0.05, 0) is 31.9 Å². The van der Waals surface area contributed by atoms with Gasteiger partial charge in [0.2, 0.25) is 5.91 Å². The molecular formula is C22H23NO4. The number of carbonyl (C=O) groups excluding carboxylic acids is 2. The number of likely N-dealkylation sites (tertiary alicyclic amines) is 1. The molecule has 0 N–H and O–H groups in total. The summed E-state index contributed by atoms with van der Waals surface area (Å²) < 4.78 is 11.2. The lowest BCUT2D eigenvalue weighted by Crippen LogP contribution is -2.45. The lowest BCUT2D eigenvalue weighted by atomic mass is 9.86. The maximum absolute atomic E-state index is 13.5. The summed E-state index contributed by atoms with van der Waals surface area (Å²) in [6, 6.07) is 15.3. The van der Waals surface area contributed by atoms with Crippen LogP contribution in [-0.2, 0) is 14.3 Å². The van der Waals surface area contributed by atoms with Crippen LogP contribution in [0.4, 0.5) is 0 Å². The third kappa shape index (κ3) is 3.29. The van der Waals surface area contributed by atoms with Crippen LogP contribution in [0.5, 0.6) is 11.5 Å². The molecule has 1 fully saturated rings. The number of ether oxygens (including phenoxy) is 2. The maximum Gasteiger partial charge on any atom is 0.310 e. The fourth-order valence-electron chi connectivity index (χ4n) is 3.99. The highest BCUT2D eigenvalue weighted by Gasteiger charge is 2.37. The molecule has 0 spiro atoms. The largest absolute Gasteiger partial charge is 0.466 e. The van der Waals surface area contributed by atoms with Crippen molar-refractivity contribution >= 4 is 11.9 Å². The van der Waals surface area contributed by atoms with Gasteiger partial charge in [-0.3, -0.25) is 9.59 Å². The molecule has 2 aliphatic heterocycles. The summed E-state index contributed by atoms with van der Waals surface area (Å²) in [6.45, 7) is 3.25. The first-order chi connectivity index (χ1) is 13.2. The zero-order chi connectivity index (χ0) is 18.8. The summed E-state index contributed by atoms with van der Waals surface area (Å²) in [4.78, 5) is 27.5. The van der Waals surface area contributed by atoms with Crippen molar-refractivity contribution in [2.45, 2.75) is 25.7 Å². The van der Waals surface area contributed by atoms with E-state index in [1.54, 1.807) is 6.92 Å². The summed E-state index contributed by atoms with van der Waals surface area (Å²) in [5.74, 6) is 0.594. The number of fused-ring (bicyclic) bond motifs is 2. The second-order valence-corrected chi connectivity index (χ2v) is 6.99. The van der Waals surface area contributed by atoms with Crippen LogP contribution < -0.4 is 4.74 Å². The van der Waals surface area contributed by atoms with Crippen molar-refractivity contribution in [2.75, 3.05) is 19.7 Å². The van der Waals surface area contributed by atoms with Gasteiger partial charge in [-0.1, -0.05) is 36.4 Å². The molecule has 2 aromatic carbocycles. The van der Waals surface area contributed by atoms with E-state index >= 15 is 0 Å². The number of amides is 1. The van der Waals surface area contributed by atoms with Crippen LogP contribution in [0.1, 0.15) is 36.8 Å². The van der Waals surface area contributed by atoms with Gasteiger partial charge in [0.05, 0.1) is 18.4 Å². The molecule has 4 rings (SSSR count). The molecule has 140 valence electrons. The average molecular weight is 365 g/mol. The molecule has 0 saturated carbocycles. The summed E-state index contributed by atoms with van der Waals surface area (Å²) in [5.41, 5.74) is 1.75. The highest BCUT2D eigenvalue weighted by atomic mass is 16.5. The van der Waals surface area contributed by atoms with Gasteiger partial charge in [-0.2, -0.15) is 0 Å². The molecule has 2 heterocycles. The lowest BCUT2D eigenvalue weighted by Gasteiger charge is -2.36. The van der Waals surface area contributed by atoms with Crippen molar-refractivity contribution in [2.24, 2.45) is 5.92 Å². The first-order valence-electron chi connectivity index (χ1n) is 9.50. The first kappa shape index (κ1) is 17.6. The Labute approximate surface area is 158 Å². The van der Waals surface area contributed by atoms with Gasteiger partial charge < -0.3 is 14.4 Å². The van der Waals surface area contributed by atoms with E-state index in [1.807, 2.05) is 53.4 Å². The third-order valence-corrected chi connectivity index (χ3v) is 5.28. The van der Waals surface area contributed by atoms with Gasteiger partial charge in [0.1, 0.15) is 11.5 Å². The quantitative estimate of drug-likeness (QED) is 0.778. The normalized spacial score (nSPS) is 18.9. The molecule has 2 aliphatic rings. The Morgan fingerprint density at radius 1 is 1.07 bits per heavy atom. The van der Waals surface area contributed by atoms with Crippen molar-refractivity contribution < 1.29 is 19.1 Å². The van der Waals surface area contributed by atoms with Gasteiger partial charge in [0.15, 0.2) is 0 Å². The number of nitrogens with zero attached hydrogens (tertiary/aromatic N) is 1. The zero-order valence-electron chi connectivity index (χ0n) is 15.4. The molecule has 0 aliphatic carbocycles. The van der Waals surface area contributed by atoms with E-state index in [2.05, 4.69) is 0 Å². The van der Waals surface area contributed by atoms with Crippen molar-refractivity contribution in [3.63, 3.8) is 0 Å². The van der Waals surface area contributed by atoms with Crippen LogP contribution in [0, 0.1) is 5.92 Å². The van der Waals surface area contributed by atoms with Gasteiger partial charge >= 0.3 is 5.97 Å². The standard InChI is InChI=1S/C22H23NO4/c1-2-26-22(25)15-8-7-13-23(14-15)21(24)20-16-9-3-5-11-18(16)27-19-12-6-4-10-17(19)20/h3-6,9-12,15,20H,2,7-8,13-14H2,1H3/t15-/m0/s1. The number of para-hydroxylation sites is 2. The fraction of sp³-hybridized carbons (Fsp3) is 0.364. The number of esters is 1. The molecule has 0 radical (unpaired) electrons. The van der Waals surface area contributed by atoms with E-state index in [1.165, 1.54) is 0 Å². The molecular weight excluding hydrogens is 342 g/mol. The summed E-state index contributed by atoms with van der Waals surface area (Å²) in [5, 5.41) is 0. The zero-order valence-corrected chi connectivity index (χ0v) is 15.4. The maximum atomic E-state index is 13.5. The van der Waals surface area contributed by atoms with Crippen LogP contribution >= 0.6 is 0 Å². The number of carbonyl (C=O) groups is 2. The molecule has 1 amide bonds. The van der Waals surface area contributed by atoms with E-state index in [0.29, 0.717) is 31.2 Å². The third-order valence-electron chi connectivity index (χ3n) is 5.28. The van der Waals surface area contributed by atoms with Gasteiger partial charge in [-0.25, -0.2) is 0 Å². The van der Waals surface area contributed by atoms with Gasteiger partial charge in [-0.15, -0.1) is 0 Å². The van der Waals surface area contributed by atoms with Crippen LogP contribution in [0.25, 0.3) is 0 Å². The van der Waals surface area contributed by atoms with Crippen LogP contribution in [0.2, 0.25) is 0 Å². The number of hydrogen-bond donors (Lipinski definition) is 0. The highest BCUT2D eigenvalue weighted by Crippen LogP contribution is 2.44. The van der Waals surface area contributed by atoms with E-state index < -0.39 is 5.92 Å². The molecule has 1 saturated heterocycles. The first-order valence-corrected chi connectivity index (χ1v) is 9.50. The number of benzene rings is 2. The predicted molar refractivity (Wildman–Crippen MR) is 101 cm³/mol. The Hall–Kier alpha value is -2.82. The van der Waals surface area contributed by atoms with Crippen LogP contribution in [0.15, 0.2) is 48.5 Å². The van der Waals surface area contributed by atoms with E-state index in [0.717, 1.165) is 24.0 Å². The minimum Gasteiger partial charge on any atom is -0.466 e. The molecule has 5 nitrogen and oxygen atoms in total. The smallest absolute Gasteiger partial charge is 0.310 e. The van der Waals surface area contributed by atoms with Crippen molar-refractivity contribution in [3.05, 3.63) is 59.7 Å². The summed E-state index contributed by atoms with van der Waals surface area (Å²) >= 11 is 0. The highest BCUT2D eigenvalue weighted by molar-refractivity contribution is 5.90. The number of piperidine rings is 1. The second-order valence-electron chi connectivity index (χ2n) is 6.99. The summed E-state index contributed by atoms with van der Waals surface area (Å²) in [6.07, 6.45) is 1.57. The number of hydrogen-bond acceptors (Lipinski definition) is 4. The average Bonchev–Trinajstić information content (AvgIpc) is 2.71. The molecule has 5 heteroatoms. The van der Waals surface area contributed by atoms with Gasteiger partial charge in [0, 0.05) is 24.2 Å². The van der Waals surface area contributed by atoms with Crippen molar-refractivity contribution in [1.29, 1.82) is 0 Å². The van der Waals surface area contributed by atoms with E-state index in [4.69, 9.17) is 9.47 Å². The van der Waals surface area contributed by atoms with Crippen molar-refractivity contribution in [1.82, 2.24) is 4.90 Å². The Morgan fingerprint density at radius 2 is 1.70 bits per heavy atom. The topological polar surface area (TPSA) is 55.8 Å². The Morgan fingerprint density at radius 3 is 2.33 bits per heavy atom. The molecule has 0 aromatic heterocycles. The van der Waals surface area contributed by atoms with Crippen molar-refractivity contribution in [3.8, 4) is 11.5 Å². The van der Waals surface area contributed by atoms with Crippen LogP contribution in [0.3, 0.4) is 0 Å². The van der Waals surface area contributed by atoms with E-state index in [-0.39, 0.29) is 17.8 Å². The van der Waals surface area contributed by atoms with Gasteiger partial charge in [0.25, 0.3) is 0 Å². The molecule has 0 bridgehead atoms. The Kier molecular flexibility index (Phi) is 4.84. The SMILES string of the molecule is CCOC(=O)[C@H]1CCCN(C(=O)C2c3ccccc3Oc3ccccc32)C1. The summed E-state index contributed by atoms with van der Waals surface area (Å²) in [7, 11) is 0. The Bertz CT molecular complexity index is 817. The monoisotopic (exact) mass is 365 g/mol. The minimum absolute atomic E-state index is 0.0206. The number of rotatable bonds is 3. The molecule has 2 aromatic rings. The molecule has 0 unspecified atom stereocenters. The second kappa shape index (κ2) is 7.43. The van der Waals surface area contributed by atoms with Crippen LogP contribution in [-0.4, -0.2) is 36.5 Å². The molecule has 27 heavy (non-hydrogen) atoms.